The number of aliphatic hydroxyl groups is 1. The number of esters is 1. The molecule has 0 heterocycles. The lowest BCUT2D eigenvalue weighted by molar-refractivity contribution is -0.142. The lowest BCUT2D eigenvalue weighted by atomic mass is 10.2. The molecule has 0 radical (unpaired) electrons. The van der Waals surface area contributed by atoms with Gasteiger partial charge in [0.2, 0.25) is 0 Å². The molecule has 0 aromatic carbocycles. The Morgan fingerprint density at radius 1 is 1.62 bits per heavy atom. The summed E-state index contributed by atoms with van der Waals surface area (Å²) in [5.41, 5.74) is -0.282. The lowest BCUT2D eigenvalue weighted by Gasteiger charge is -2.06. The van der Waals surface area contributed by atoms with Gasteiger partial charge in [0.25, 0.3) is 0 Å². The molecule has 13 heavy (non-hydrogen) atoms. The van der Waals surface area contributed by atoms with E-state index in [0.717, 1.165) is 6.08 Å². The van der Waals surface area contributed by atoms with Crippen LogP contribution in [-0.2, 0) is 14.3 Å². The zero-order valence-corrected chi connectivity index (χ0v) is 7.45. The molecule has 0 saturated carbocycles. The molecule has 4 nitrogen and oxygen atoms in total. The van der Waals surface area contributed by atoms with Gasteiger partial charge >= 0.3 is 5.97 Å². The van der Waals surface area contributed by atoms with Crippen molar-refractivity contribution >= 4 is 11.8 Å². The fraction of sp³-hybridized carbons (Fsp3) is 0.333. The van der Waals surface area contributed by atoms with E-state index in [4.69, 9.17) is 5.11 Å². The molecule has 1 atom stereocenters. The number of hydrogen-bond acceptors (Lipinski definition) is 4. The van der Waals surface area contributed by atoms with Gasteiger partial charge in [0.05, 0.1) is 11.7 Å². The van der Waals surface area contributed by atoms with E-state index in [1.165, 1.54) is 6.92 Å². The molecule has 0 aromatic heterocycles. The van der Waals surface area contributed by atoms with Gasteiger partial charge in [-0.25, -0.2) is 4.79 Å². The highest BCUT2D eigenvalue weighted by Gasteiger charge is 2.14. The minimum absolute atomic E-state index is 0.151. The minimum Gasteiger partial charge on any atom is -0.459 e. The summed E-state index contributed by atoms with van der Waals surface area (Å²) in [7, 11) is 0. The summed E-state index contributed by atoms with van der Waals surface area (Å²) >= 11 is 0. The molecule has 1 unspecified atom stereocenters. The van der Waals surface area contributed by atoms with E-state index >= 15 is 0 Å². The lowest BCUT2D eigenvalue weighted by Crippen LogP contribution is -2.19. The van der Waals surface area contributed by atoms with Crippen molar-refractivity contribution < 1.29 is 19.4 Å². The predicted octanol–water partition coefficient (Wildman–Crippen LogP) is 0.222. The van der Waals surface area contributed by atoms with Crippen LogP contribution in [0.5, 0.6) is 0 Å². The Morgan fingerprint density at radius 3 is 2.54 bits per heavy atom. The van der Waals surface area contributed by atoms with E-state index in [0.29, 0.717) is 0 Å². The third kappa shape index (κ3) is 4.22. The topological polar surface area (TPSA) is 63.6 Å². The van der Waals surface area contributed by atoms with E-state index in [-0.39, 0.29) is 12.2 Å². The Morgan fingerprint density at radius 2 is 2.15 bits per heavy atom. The van der Waals surface area contributed by atoms with Crippen LogP contribution in [0.1, 0.15) is 6.92 Å². The summed E-state index contributed by atoms with van der Waals surface area (Å²) in [5, 5.41) is 8.77. The third-order valence-electron chi connectivity index (χ3n) is 1.18. The summed E-state index contributed by atoms with van der Waals surface area (Å²) in [6, 6.07) is 0. The molecule has 0 amide bonds. The maximum Gasteiger partial charge on any atom is 0.341 e. The van der Waals surface area contributed by atoms with E-state index in [1.807, 2.05) is 0 Å². The van der Waals surface area contributed by atoms with Crippen LogP contribution in [0.4, 0.5) is 0 Å². The number of allylic oxidation sites excluding steroid dienone is 1. The number of carbonyl (C=O) groups is 2. The van der Waals surface area contributed by atoms with Crippen molar-refractivity contribution in [2.24, 2.45) is 0 Å². The second-order valence-corrected chi connectivity index (χ2v) is 2.49. The van der Waals surface area contributed by atoms with Gasteiger partial charge < -0.3 is 9.84 Å². The SMILES string of the molecule is C=CC(=O)C(=C)C(=O)OCC(C)O. The van der Waals surface area contributed by atoms with E-state index in [2.05, 4.69) is 17.9 Å². The summed E-state index contributed by atoms with van der Waals surface area (Å²) in [6.07, 6.45) is 0.224. The van der Waals surface area contributed by atoms with Gasteiger partial charge in [0.1, 0.15) is 6.61 Å². The number of carbonyl (C=O) groups excluding carboxylic acids is 2. The molecular formula is C9H12O4. The first-order valence-corrected chi connectivity index (χ1v) is 3.70. The van der Waals surface area contributed by atoms with Crippen LogP contribution in [0.25, 0.3) is 0 Å². The highest BCUT2D eigenvalue weighted by molar-refractivity contribution is 6.20. The number of rotatable bonds is 5. The van der Waals surface area contributed by atoms with Crippen LogP contribution < -0.4 is 0 Å². The highest BCUT2D eigenvalue weighted by Crippen LogP contribution is 1.98. The van der Waals surface area contributed by atoms with Crippen LogP contribution in [0.3, 0.4) is 0 Å². The molecule has 1 N–H and O–H groups in total. The molecule has 0 aliphatic carbocycles. The summed E-state index contributed by atoms with van der Waals surface area (Å²) in [6.45, 7) is 7.73. The number of ketones is 1. The quantitative estimate of drug-likeness (QED) is 0.287. The average Bonchev–Trinajstić information content (AvgIpc) is 2.11. The minimum atomic E-state index is -0.828. The van der Waals surface area contributed by atoms with Crippen molar-refractivity contribution in [3.8, 4) is 0 Å². The average molecular weight is 184 g/mol. The molecule has 0 aromatic rings. The molecule has 0 saturated heterocycles. The molecule has 0 rings (SSSR count). The number of hydrogen-bond donors (Lipinski definition) is 1. The second kappa shape index (κ2) is 5.27. The fourth-order valence-electron chi connectivity index (χ4n) is 0.507. The van der Waals surface area contributed by atoms with E-state index < -0.39 is 17.9 Å². The second-order valence-electron chi connectivity index (χ2n) is 2.49. The largest absolute Gasteiger partial charge is 0.459 e. The molecule has 0 aliphatic heterocycles. The number of aliphatic hydroxyl groups excluding tert-OH is 1. The van der Waals surface area contributed by atoms with Gasteiger partial charge in [-0.2, -0.15) is 0 Å². The Hall–Kier alpha value is -1.42. The molecule has 0 spiro atoms. The molecule has 4 heteroatoms. The maximum atomic E-state index is 10.9. The van der Waals surface area contributed by atoms with Crippen LogP contribution >= 0.6 is 0 Å². The van der Waals surface area contributed by atoms with Crippen LogP contribution in [0.2, 0.25) is 0 Å². The van der Waals surface area contributed by atoms with E-state index in [1.54, 1.807) is 0 Å². The molecule has 0 aliphatic rings. The highest BCUT2D eigenvalue weighted by atomic mass is 16.5. The summed E-state index contributed by atoms with van der Waals surface area (Å²) in [4.78, 5) is 21.8. The van der Waals surface area contributed by atoms with Crippen molar-refractivity contribution in [1.82, 2.24) is 0 Å². The third-order valence-corrected chi connectivity index (χ3v) is 1.18. The van der Waals surface area contributed by atoms with Crippen LogP contribution in [0, 0.1) is 0 Å². The molecule has 72 valence electrons. The fourth-order valence-corrected chi connectivity index (χ4v) is 0.507. The Kier molecular flexibility index (Phi) is 4.69. The zero-order valence-electron chi connectivity index (χ0n) is 7.45. The number of ether oxygens (including phenoxy) is 1. The molecule has 0 fully saturated rings. The Bertz CT molecular complexity index is 240. The van der Waals surface area contributed by atoms with Crippen molar-refractivity contribution in [2.45, 2.75) is 13.0 Å². The van der Waals surface area contributed by atoms with Gasteiger partial charge in [0.15, 0.2) is 5.78 Å². The first-order chi connectivity index (χ1) is 5.99. The van der Waals surface area contributed by atoms with Crippen molar-refractivity contribution in [3.63, 3.8) is 0 Å². The van der Waals surface area contributed by atoms with Gasteiger partial charge in [-0.15, -0.1) is 0 Å². The van der Waals surface area contributed by atoms with Gasteiger partial charge in [-0.3, -0.25) is 4.79 Å². The van der Waals surface area contributed by atoms with Crippen LogP contribution in [-0.4, -0.2) is 29.6 Å². The monoisotopic (exact) mass is 184 g/mol. The zero-order chi connectivity index (χ0) is 10.4. The summed E-state index contributed by atoms with van der Waals surface area (Å²) < 4.78 is 4.53. The van der Waals surface area contributed by atoms with Crippen molar-refractivity contribution in [3.05, 3.63) is 24.8 Å². The van der Waals surface area contributed by atoms with Crippen LogP contribution in [0.15, 0.2) is 24.8 Å². The van der Waals surface area contributed by atoms with Crippen molar-refractivity contribution in [1.29, 1.82) is 0 Å². The smallest absolute Gasteiger partial charge is 0.341 e. The van der Waals surface area contributed by atoms with E-state index in [9.17, 15) is 9.59 Å². The standard InChI is InChI=1S/C9H12O4/c1-4-8(11)7(3)9(12)13-5-6(2)10/h4,6,10H,1,3,5H2,2H3. The maximum absolute atomic E-state index is 10.9. The van der Waals surface area contributed by atoms with Gasteiger partial charge in [0, 0.05) is 0 Å². The first kappa shape index (κ1) is 11.6. The molecule has 0 bridgehead atoms. The Balaban J connectivity index is 4.05. The predicted molar refractivity (Wildman–Crippen MR) is 47.0 cm³/mol. The Labute approximate surface area is 76.5 Å². The normalized spacial score (nSPS) is 11.5. The van der Waals surface area contributed by atoms with Gasteiger partial charge in [-0.1, -0.05) is 13.2 Å². The first-order valence-electron chi connectivity index (χ1n) is 3.70. The summed E-state index contributed by atoms with van der Waals surface area (Å²) in [5.74, 6) is -1.40. The van der Waals surface area contributed by atoms with Gasteiger partial charge in [-0.05, 0) is 13.0 Å². The van der Waals surface area contributed by atoms with Crippen molar-refractivity contribution in [2.75, 3.05) is 6.61 Å². The molecular weight excluding hydrogens is 172 g/mol.